The van der Waals surface area contributed by atoms with Gasteiger partial charge in [-0.05, 0) is 31.5 Å². The Morgan fingerprint density at radius 3 is 2.36 bits per heavy atom. The maximum absolute atomic E-state index is 12.5. The topological polar surface area (TPSA) is 27.1 Å². The molecule has 0 aliphatic carbocycles. The van der Waals surface area contributed by atoms with Gasteiger partial charge in [-0.2, -0.15) is 5.10 Å². The summed E-state index contributed by atoms with van der Waals surface area (Å²) in [6.07, 6.45) is 2.85. The van der Waals surface area contributed by atoms with Gasteiger partial charge < -0.3 is 17.7 Å². The summed E-state index contributed by atoms with van der Waals surface area (Å²) < 4.78 is 44.8. The van der Waals surface area contributed by atoms with E-state index in [4.69, 9.17) is 4.74 Å². The monoisotopic (exact) mass is 336 g/mol. The Kier molecular flexibility index (Phi) is 7.67. The molecule has 0 aliphatic heterocycles. The molecule has 2 aromatic rings. The average Bonchev–Trinajstić information content (AvgIpc) is 2.92. The minimum Gasteiger partial charge on any atom is -0.487 e. The molecule has 0 amide bonds. The number of hydrogen-bond donors (Lipinski definition) is 0. The Morgan fingerprint density at radius 2 is 1.82 bits per heavy atom. The van der Waals surface area contributed by atoms with Crippen LogP contribution in [-0.2, 0) is 6.61 Å². The van der Waals surface area contributed by atoms with Crippen molar-refractivity contribution in [1.82, 2.24) is 9.78 Å². The van der Waals surface area contributed by atoms with Crippen molar-refractivity contribution in [2.24, 2.45) is 0 Å². The van der Waals surface area contributed by atoms with Crippen molar-refractivity contribution in [3.05, 3.63) is 42.2 Å². The first-order valence-corrected chi connectivity index (χ1v) is 6.87. The number of hydrogen-bond acceptors (Lipinski definition) is 2. The van der Waals surface area contributed by atoms with Crippen LogP contribution < -0.4 is 61.6 Å². The van der Waals surface area contributed by atoms with Crippen LogP contribution in [0.2, 0.25) is 0 Å². The number of benzene rings is 1. The SMILES string of the molecule is CCC(C)n1ccc(COc2ccc([B-](F)(F)F)cc2)n1.[K+]. The molecule has 1 heterocycles. The van der Waals surface area contributed by atoms with Crippen LogP contribution in [0.15, 0.2) is 36.5 Å². The van der Waals surface area contributed by atoms with Crippen LogP contribution in [0.5, 0.6) is 5.75 Å². The van der Waals surface area contributed by atoms with Gasteiger partial charge in [0.25, 0.3) is 0 Å². The minimum absolute atomic E-state index is 0. The average molecular weight is 336 g/mol. The Morgan fingerprint density at radius 1 is 1.18 bits per heavy atom. The Labute approximate surface area is 170 Å². The molecule has 0 fully saturated rings. The fourth-order valence-electron chi connectivity index (χ4n) is 1.83. The van der Waals surface area contributed by atoms with Gasteiger partial charge in [0.05, 0.1) is 5.69 Å². The number of aromatic nitrogens is 2. The summed E-state index contributed by atoms with van der Waals surface area (Å²) in [6.45, 7) is -0.580. The normalized spacial score (nSPS) is 12.6. The molecular formula is C14H17BF3KN2O. The van der Waals surface area contributed by atoms with Gasteiger partial charge in [-0.1, -0.05) is 19.1 Å². The van der Waals surface area contributed by atoms with Gasteiger partial charge in [0.2, 0.25) is 0 Å². The molecule has 1 aromatic carbocycles. The van der Waals surface area contributed by atoms with Crippen molar-refractivity contribution in [1.29, 1.82) is 0 Å². The van der Waals surface area contributed by atoms with Crippen LogP contribution in [-0.4, -0.2) is 16.8 Å². The fourth-order valence-corrected chi connectivity index (χ4v) is 1.83. The van der Waals surface area contributed by atoms with E-state index in [-0.39, 0.29) is 58.0 Å². The van der Waals surface area contributed by atoms with E-state index in [1.165, 1.54) is 12.1 Å². The van der Waals surface area contributed by atoms with Crippen LogP contribution in [0, 0.1) is 0 Å². The molecule has 0 aliphatic rings. The molecule has 22 heavy (non-hydrogen) atoms. The smallest absolute Gasteiger partial charge is 0.487 e. The second kappa shape index (κ2) is 8.54. The molecule has 8 heteroatoms. The van der Waals surface area contributed by atoms with Gasteiger partial charge >= 0.3 is 58.4 Å². The van der Waals surface area contributed by atoms with Crippen molar-refractivity contribution < 1.29 is 69.1 Å². The first-order chi connectivity index (χ1) is 9.90. The molecule has 0 radical (unpaired) electrons. The zero-order valence-electron chi connectivity index (χ0n) is 13.0. The molecule has 0 saturated carbocycles. The van der Waals surface area contributed by atoms with Crippen LogP contribution in [0.3, 0.4) is 0 Å². The molecular weight excluding hydrogens is 319 g/mol. The van der Waals surface area contributed by atoms with Gasteiger partial charge in [-0.3, -0.25) is 4.68 Å². The van der Waals surface area contributed by atoms with Crippen LogP contribution in [0.4, 0.5) is 12.9 Å². The molecule has 0 saturated heterocycles. The van der Waals surface area contributed by atoms with Crippen LogP contribution >= 0.6 is 0 Å². The third-order valence-electron chi connectivity index (χ3n) is 3.35. The summed E-state index contributed by atoms with van der Waals surface area (Å²) in [5.74, 6) is 0.400. The van der Waals surface area contributed by atoms with E-state index < -0.39 is 12.4 Å². The summed E-state index contributed by atoms with van der Waals surface area (Å²) >= 11 is 0. The van der Waals surface area contributed by atoms with Crippen molar-refractivity contribution in [3.8, 4) is 5.75 Å². The predicted molar refractivity (Wildman–Crippen MR) is 76.7 cm³/mol. The second-order valence-corrected chi connectivity index (χ2v) is 4.98. The minimum atomic E-state index is -4.96. The molecule has 0 spiro atoms. The maximum Gasteiger partial charge on any atom is 1.00 e. The van der Waals surface area contributed by atoms with E-state index >= 15 is 0 Å². The third-order valence-corrected chi connectivity index (χ3v) is 3.35. The summed E-state index contributed by atoms with van der Waals surface area (Å²) in [4.78, 5) is 0. The zero-order valence-corrected chi connectivity index (χ0v) is 16.1. The van der Waals surface area contributed by atoms with E-state index in [0.29, 0.717) is 11.8 Å². The van der Waals surface area contributed by atoms with Gasteiger partial charge in [-0.15, -0.1) is 5.46 Å². The molecule has 0 bridgehead atoms. The van der Waals surface area contributed by atoms with Crippen LogP contribution in [0.25, 0.3) is 0 Å². The summed E-state index contributed by atoms with van der Waals surface area (Å²) in [6, 6.07) is 6.89. The molecule has 2 rings (SSSR count). The summed E-state index contributed by atoms with van der Waals surface area (Å²) in [7, 11) is 0. The fraction of sp³-hybridized carbons (Fsp3) is 0.357. The second-order valence-electron chi connectivity index (χ2n) is 4.98. The van der Waals surface area contributed by atoms with Crippen molar-refractivity contribution >= 4 is 12.4 Å². The number of ether oxygens (including phenoxy) is 1. The van der Waals surface area contributed by atoms with Crippen molar-refractivity contribution in [3.63, 3.8) is 0 Å². The number of nitrogens with zero attached hydrogens (tertiary/aromatic N) is 2. The molecule has 1 atom stereocenters. The number of rotatable bonds is 6. The van der Waals surface area contributed by atoms with E-state index in [1.54, 1.807) is 0 Å². The van der Waals surface area contributed by atoms with E-state index in [1.807, 2.05) is 16.9 Å². The van der Waals surface area contributed by atoms with Gasteiger partial charge in [-0.25, -0.2) is 0 Å². The molecule has 1 aromatic heterocycles. The summed E-state index contributed by atoms with van der Waals surface area (Å²) in [5.41, 5.74) is 0.128. The number of halogens is 3. The first-order valence-electron chi connectivity index (χ1n) is 6.87. The Bertz CT molecular complexity index is 587. The Balaban J connectivity index is 0.00000242. The Hall–Kier alpha value is -0.279. The van der Waals surface area contributed by atoms with E-state index in [9.17, 15) is 12.9 Å². The van der Waals surface area contributed by atoms with Gasteiger partial charge in [0, 0.05) is 12.2 Å². The predicted octanol–water partition coefficient (Wildman–Crippen LogP) is 0.491. The van der Waals surface area contributed by atoms with Gasteiger partial charge in [0.1, 0.15) is 12.4 Å². The first kappa shape index (κ1) is 19.8. The zero-order chi connectivity index (χ0) is 15.5. The molecule has 1 unspecified atom stereocenters. The van der Waals surface area contributed by atoms with Crippen molar-refractivity contribution in [2.45, 2.75) is 32.9 Å². The molecule has 3 nitrogen and oxygen atoms in total. The molecule has 0 N–H and O–H groups in total. The van der Waals surface area contributed by atoms with Gasteiger partial charge in [0.15, 0.2) is 0 Å². The third kappa shape index (κ3) is 5.42. The molecule has 114 valence electrons. The van der Waals surface area contributed by atoms with Crippen molar-refractivity contribution in [2.75, 3.05) is 0 Å². The largest absolute Gasteiger partial charge is 1.00 e. The van der Waals surface area contributed by atoms with Crippen LogP contribution in [0.1, 0.15) is 32.0 Å². The maximum atomic E-state index is 12.5. The van der Waals surface area contributed by atoms with E-state index in [2.05, 4.69) is 18.9 Å². The van der Waals surface area contributed by atoms with E-state index in [0.717, 1.165) is 24.2 Å². The summed E-state index contributed by atoms with van der Waals surface area (Å²) in [5, 5.41) is 4.37. The quantitative estimate of drug-likeness (QED) is 0.718. The standard InChI is InChI=1S/C14H17BF3N2O.K/c1-3-11(2)20-9-8-13(19-20)10-21-14-6-4-12(5-7-14)15(16,17)18;/h4-9,11H,3,10H2,1-2H3;/q-1;+1.